The van der Waals surface area contributed by atoms with Crippen molar-refractivity contribution in [3.63, 3.8) is 0 Å². The molecule has 19 heavy (non-hydrogen) atoms. The summed E-state index contributed by atoms with van der Waals surface area (Å²) in [6, 6.07) is 4.98. The van der Waals surface area contributed by atoms with Crippen LogP contribution in [0, 0.1) is 16.6 Å². The molecule has 0 saturated heterocycles. The van der Waals surface area contributed by atoms with E-state index >= 15 is 0 Å². The maximum absolute atomic E-state index is 14.0. The zero-order chi connectivity index (χ0) is 14.3. The van der Waals surface area contributed by atoms with Gasteiger partial charge >= 0.3 is 0 Å². The van der Waals surface area contributed by atoms with Crippen LogP contribution in [0.4, 0.5) is 4.39 Å². The number of aliphatic hydroxyl groups excluding tert-OH is 1. The molecule has 0 heterocycles. The van der Waals surface area contributed by atoms with Crippen molar-refractivity contribution in [2.75, 3.05) is 6.54 Å². The highest BCUT2D eigenvalue weighted by molar-refractivity contribution is 6.30. The Morgan fingerprint density at radius 3 is 2.63 bits per heavy atom. The van der Waals surface area contributed by atoms with Crippen LogP contribution in [0.5, 0.6) is 0 Å². The van der Waals surface area contributed by atoms with E-state index in [1.807, 2.05) is 13.8 Å². The predicted molar refractivity (Wildman–Crippen MR) is 75.6 cm³/mol. The molecule has 1 aromatic rings. The van der Waals surface area contributed by atoms with Gasteiger partial charge < -0.3 is 10.8 Å². The molecule has 2 atom stereocenters. The number of halogens is 2. The molecular formula is C15H21ClFNO. The van der Waals surface area contributed by atoms with Crippen LogP contribution >= 0.6 is 11.6 Å². The van der Waals surface area contributed by atoms with Gasteiger partial charge in [-0.1, -0.05) is 37.6 Å². The molecule has 0 amide bonds. The van der Waals surface area contributed by atoms with Gasteiger partial charge in [-0.25, -0.2) is 4.39 Å². The molecule has 106 valence electrons. The van der Waals surface area contributed by atoms with E-state index in [0.29, 0.717) is 18.5 Å². The van der Waals surface area contributed by atoms with Gasteiger partial charge in [0.2, 0.25) is 0 Å². The van der Waals surface area contributed by atoms with Gasteiger partial charge in [-0.3, -0.25) is 0 Å². The van der Waals surface area contributed by atoms with Gasteiger partial charge in [-0.15, -0.1) is 0 Å². The third-order valence-electron chi connectivity index (χ3n) is 4.57. The molecule has 1 fully saturated rings. The number of hydrogen-bond acceptors (Lipinski definition) is 2. The Morgan fingerprint density at radius 2 is 2.11 bits per heavy atom. The molecule has 1 aliphatic carbocycles. The number of benzene rings is 1. The summed E-state index contributed by atoms with van der Waals surface area (Å²) in [6.45, 7) is 4.41. The average molecular weight is 286 g/mol. The number of aliphatic hydroxyl groups is 1. The van der Waals surface area contributed by atoms with Crippen LogP contribution in [0.15, 0.2) is 18.2 Å². The monoisotopic (exact) mass is 285 g/mol. The fourth-order valence-electron chi connectivity index (χ4n) is 3.21. The molecule has 1 aromatic carbocycles. The van der Waals surface area contributed by atoms with Crippen molar-refractivity contribution in [1.82, 2.24) is 0 Å². The number of hydrogen-bond donors (Lipinski definition) is 2. The Labute approximate surface area is 118 Å². The lowest BCUT2D eigenvalue weighted by Gasteiger charge is -2.36. The lowest BCUT2D eigenvalue weighted by molar-refractivity contribution is -0.00498. The van der Waals surface area contributed by atoms with E-state index in [1.165, 1.54) is 6.07 Å². The molecule has 0 spiro atoms. The van der Waals surface area contributed by atoms with Crippen LogP contribution < -0.4 is 5.73 Å². The summed E-state index contributed by atoms with van der Waals surface area (Å²) in [5.41, 5.74) is 5.82. The first-order valence-corrected chi connectivity index (χ1v) is 7.01. The van der Waals surface area contributed by atoms with Crippen LogP contribution in [0.25, 0.3) is 0 Å². The van der Waals surface area contributed by atoms with Crippen LogP contribution in [0.2, 0.25) is 5.02 Å². The zero-order valence-electron chi connectivity index (χ0n) is 11.4. The largest absolute Gasteiger partial charge is 0.392 e. The van der Waals surface area contributed by atoms with E-state index in [2.05, 4.69) is 0 Å². The molecule has 1 saturated carbocycles. The van der Waals surface area contributed by atoms with Gasteiger partial charge in [0.1, 0.15) is 5.82 Å². The SMILES string of the molecule is CC1(C)CCC(CN)(Cc2cccc(Cl)c2F)C1O. The van der Waals surface area contributed by atoms with Gasteiger partial charge in [0.15, 0.2) is 0 Å². The Balaban J connectivity index is 2.32. The maximum atomic E-state index is 14.0. The van der Waals surface area contributed by atoms with Crippen molar-refractivity contribution in [1.29, 1.82) is 0 Å². The topological polar surface area (TPSA) is 46.2 Å². The van der Waals surface area contributed by atoms with Crippen molar-refractivity contribution in [2.24, 2.45) is 16.6 Å². The van der Waals surface area contributed by atoms with E-state index in [-0.39, 0.29) is 10.4 Å². The molecule has 0 aliphatic heterocycles. The molecule has 2 nitrogen and oxygen atoms in total. The minimum absolute atomic E-state index is 0.122. The lowest BCUT2D eigenvalue weighted by Crippen LogP contribution is -2.44. The fraction of sp³-hybridized carbons (Fsp3) is 0.600. The highest BCUT2D eigenvalue weighted by Crippen LogP contribution is 2.50. The highest BCUT2D eigenvalue weighted by atomic mass is 35.5. The van der Waals surface area contributed by atoms with Crippen LogP contribution in [-0.4, -0.2) is 17.8 Å². The third kappa shape index (κ3) is 2.51. The summed E-state index contributed by atoms with van der Waals surface area (Å²) in [7, 11) is 0. The second-order valence-electron chi connectivity index (χ2n) is 6.35. The molecule has 0 radical (unpaired) electrons. The van der Waals surface area contributed by atoms with E-state index in [0.717, 1.165) is 12.8 Å². The Hall–Kier alpha value is -0.640. The standard InChI is InChI=1S/C15H21ClFNO/c1-14(2)6-7-15(9-18,13(14)19)8-10-4-3-5-11(16)12(10)17/h3-5,13,19H,6-9,18H2,1-2H3. The molecule has 4 heteroatoms. The van der Waals surface area contributed by atoms with Crippen molar-refractivity contribution < 1.29 is 9.50 Å². The van der Waals surface area contributed by atoms with Crippen LogP contribution in [0.1, 0.15) is 32.3 Å². The lowest BCUT2D eigenvalue weighted by atomic mass is 9.74. The van der Waals surface area contributed by atoms with Crippen LogP contribution in [0.3, 0.4) is 0 Å². The molecule has 3 N–H and O–H groups in total. The summed E-state index contributed by atoms with van der Waals surface area (Å²) < 4.78 is 14.0. The van der Waals surface area contributed by atoms with Gasteiger partial charge in [0.25, 0.3) is 0 Å². The summed E-state index contributed by atoms with van der Waals surface area (Å²) in [5.74, 6) is -0.395. The first kappa shape index (κ1) is 14.8. The Morgan fingerprint density at radius 1 is 1.42 bits per heavy atom. The Bertz CT molecular complexity index is 477. The first-order valence-electron chi connectivity index (χ1n) is 6.63. The van der Waals surface area contributed by atoms with Crippen molar-refractivity contribution in [2.45, 2.75) is 39.2 Å². The fourth-order valence-corrected chi connectivity index (χ4v) is 3.40. The van der Waals surface area contributed by atoms with Crippen molar-refractivity contribution >= 4 is 11.6 Å². The smallest absolute Gasteiger partial charge is 0.144 e. The predicted octanol–water partition coefficient (Wildman–Crippen LogP) is 3.15. The van der Waals surface area contributed by atoms with Gasteiger partial charge in [0.05, 0.1) is 11.1 Å². The highest BCUT2D eigenvalue weighted by Gasteiger charge is 2.51. The quantitative estimate of drug-likeness (QED) is 0.896. The summed E-state index contributed by atoms with van der Waals surface area (Å²) in [4.78, 5) is 0. The van der Waals surface area contributed by atoms with E-state index in [9.17, 15) is 9.50 Å². The summed E-state index contributed by atoms with van der Waals surface area (Å²) >= 11 is 5.81. The molecule has 0 aromatic heterocycles. The van der Waals surface area contributed by atoms with Gasteiger partial charge in [0, 0.05) is 12.0 Å². The van der Waals surface area contributed by atoms with E-state index in [4.69, 9.17) is 17.3 Å². The molecule has 1 aliphatic rings. The normalized spacial score (nSPS) is 29.7. The zero-order valence-corrected chi connectivity index (χ0v) is 12.2. The van der Waals surface area contributed by atoms with E-state index in [1.54, 1.807) is 12.1 Å². The van der Waals surface area contributed by atoms with Gasteiger partial charge in [-0.2, -0.15) is 0 Å². The third-order valence-corrected chi connectivity index (χ3v) is 4.86. The molecular weight excluding hydrogens is 265 g/mol. The summed E-state index contributed by atoms with van der Waals surface area (Å²) in [5, 5.41) is 10.7. The number of nitrogens with two attached hydrogens (primary N) is 1. The second-order valence-corrected chi connectivity index (χ2v) is 6.75. The Kier molecular flexibility index (Phi) is 3.92. The minimum Gasteiger partial charge on any atom is -0.392 e. The van der Waals surface area contributed by atoms with Gasteiger partial charge in [-0.05, 0) is 36.3 Å². The molecule has 0 bridgehead atoms. The molecule has 2 rings (SSSR count). The van der Waals surface area contributed by atoms with E-state index < -0.39 is 17.3 Å². The average Bonchev–Trinajstić information content (AvgIpc) is 2.60. The number of rotatable bonds is 3. The van der Waals surface area contributed by atoms with Crippen LogP contribution in [-0.2, 0) is 6.42 Å². The minimum atomic E-state index is -0.525. The maximum Gasteiger partial charge on any atom is 0.144 e. The van der Waals surface area contributed by atoms with Crippen molar-refractivity contribution in [3.05, 3.63) is 34.6 Å². The van der Waals surface area contributed by atoms with Crippen molar-refractivity contribution in [3.8, 4) is 0 Å². The second kappa shape index (κ2) is 5.04. The molecule has 2 unspecified atom stereocenters. The first-order chi connectivity index (χ1) is 8.82. The summed E-state index contributed by atoms with van der Waals surface area (Å²) in [6.07, 6.45) is 1.61.